The molecule has 15 heavy (non-hydrogen) atoms. The van der Waals surface area contributed by atoms with Gasteiger partial charge in [-0.15, -0.1) is 0 Å². The summed E-state index contributed by atoms with van der Waals surface area (Å²) in [4.78, 5) is 0. The van der Waals surface area contributed by atoms with Crippen molar-refractivity contribution in [3.05, 3.63) is 0 Å². The fraction of sp³-hybridized carbons (Fsp3) is 1.00. The number of nitrogens with zero attached hydrogens (tertiary/aromatic N) is 1. The zero-order valence-corrected chi connectivity index (χ0v) is 10.3. The third-order valence-corrected chi connectivity index (χ3v) is 5.27. The van der Waals surface area contributed by atoms with Crippen LogP contribution in [0.2, 0.25) is 0 Å². The van der Waals surface area contributed by atoms with Crippen molar-refractivity contribution < 1.29 is 13.5 Å². The Morgan fingerprint density at radius 2 is 2.20 bits per heavy atom. The van der Waals surface area contributed by atoms with E-state index in [1.807, 2.05) is 13.8 Å². The number of rotatable bonds is 5. The SMILES string of the molecule is CCC(C)CS(=O)(=O)N1CCC[C@@H]1CO. The van der Waals surface area contributed by atoms with E-state index in [0.717, 1.165) is 19.3 Å². The minimum absolute atomic E-state index is 0.0558. The van der Waals surface area contributed by atoms with Crippen LogP contribution >= 0.6 is 0 Å². The molecule has 1 saturated heterocycles. The maximum absolute atomic E-state index is 12.0. The molecule has 1 fully saturated rings. The molecule has 0 aromatic rings. The van der Waals surface area contributed by atoms with Crippen molar-refractivity contribution in [2.24, 2.45) is 5.92 Å². The first-order chi connectivity index (χ1) is 7.01. The third-order valence-electron chi connectivity index (χ3n) is 3.08. The van der Waals surface area contributed by atoms with Crippen LogP contribution in [0.25, 0.3) is 0 Å². The second kappa shape index (κ2) is 5.27. The van der Waals surface area contributed by atoms with Crippen LogP contribution in [0.3, 0.4) is 0 Å². The molecule has 0 spiro atoms. The molecule has 0 amide bonds. The highest BCUT2D eigenvalue weighted by atomic mass is 32.2. The van der Waals surface area contributed by atoms with Crippen molar-refractivity contribution in [2.45, 2.75) is 39.2 Å². The predicted octanol–water partition coefficient (Wildman–Crippen LogP) is 0.819. The van der Waals surface area contributed by atoms with Gasteiger partial charge in [0.15, 0.2) is 0 Å². The highest BCUT2D eigenvalue weighted by molar-refractivity contribution is 7.89. The Morgan fingerprint density at radius 3 is 2.73 bits per heavy atom. The zero-order chi connectivity index (χ0) is 11.5. The highest BCUT2D eigenvalue weighted by Gasteiger charge is 2.33. The molecule has 90 valence electrons. The fourth-order valence-electron chi connectivity index (χ4n) is 1.93. The maximum Gasteiger partial charge on any atom is 0.214 e. The molecule has 1 N–H and O–H groups in total. The van der Waals surface area contributed by atoms with Gasteiger partial charge in [0.25, 0.3) is 0 Å². The van der Waals surface area contributed by atoms with Gasteiger partial charge in [0, 0.05) is 12.6 Å². The molecule has 2 atom stereocenters. The number of hydrogen-bond acceptors (Lipinski definition) is 3. The maximum atomic E-state index is 12.0. The van der Waals surface area contributed by atoms with Crippen LogP contribution in [0, 0.1) is 5.92 Å². The van der Waals surface area contributed by atoms with Crippen molar-refractivity contribution in [2.75, 3.05) is 18.9 Å². The standard InChI is InChI=1S/C10H21NO3S/c1-3-9(2)8-15(13,14)11-6-4-5-10(11)7-12/h9-10,12H,3-8H2,1-2H3/t9?,10-/m1/s1. The van der Waals surface area contributed by atoms with Gasteiger partial charge < -0.3 is 5.11 Å². The average molecular weight is 235 g/mol. The minimum Gasteiger partial charge on any atom is -0.395 e. The lowest BCUT2D eigenvalue weighted by Gasteiger charge is -2.23. The zero-order valence-electron chi connectivity index (χ0n) is 9.52. The topological polar surface area (TPSA) is 57.6 Å². The van der Waals surface area contributed by atoms with E-state index in [4.69, 9.17) is 5.11 Å². The molecule has 0 aromatic heterocycles. The summed E-state index contributed by atoms with van der Waals surface area (Å²) in [7, 11) is -3.16. The molecule has 4 nitrogen and oxygen atoms in total. The molecule has 0 aromatic carbocycles. The highest BCUT2D eigenvalue weighted by Crippen LogP contribution is 2.22. The predicted molar refractivity (Wildman–Crippen MR) is 60.1 cm³/mol. The first-order valence-corrected chi connectivity index (χ1v) is 7.22. The Morgan fingerprint density at radius 1 is 1.53 bits per heavy atom. The Kier molecular flexibility index (Phi) is 4.55. The number of aliphatic hydroxyl groups is 1. The van der Waals surface area contributed by atoms with E-state index in [1.165, 1.54) is 4.31 Å². The molecule has 0 saturated carbocycles. The summed E-state index contributed by atoms with van der Waals surface area (Å²) in [5.41, 5.74) is 0. The Balaban J connectivity index is 2.68. The lowest BCUT2D eigenvalue weighted by Crippen LogP contribution is -2.40. The summed E-state index contributed by atoms with van der Waals surface area (Å²) >= 11 is 0. The summed E-state index contributed by atoms with van der Waals surface area (Å²) in [5.74, 6) is 0.398. The van der Waals surface area contributed by atoms with Gasteiger partial charge in [0.2, 0.25) is 10.0 Å². The van der Waals surface area contributed by atoms with Crippen LogP contribution in [0.15, 0.2) is 0 Å². The van der Waals surface area contributed by atoms with Crippen LogP contribution in [-0.2, 0) is 10.0 Å². The van der Waals surface area contributed by atoms with Crippen molar-refractivity contribution in [3.63, 3.8) is 0 Å². The monoisotopic (exact) mass is 235 g/mol. The van der Waals surface area contributed by atoms with Gasteiger partial charge in [-0.3, -0.25) is 0 Å². The van der Waals surface area contributed by atoms with Crippen LogP contribution in [-0.4, -0.2) is 42.8 Å². The van der Waals surface area contributed by atoms with E-state index < -0.39 is 10.0 Å². The Labute approximate surface area is 92.3 Å². The molecule has 1 unspecified atom stereocenters. The first-order valence-electron chi connectivity index (χ1n) is 5.61. The molecule has 1 rings (SSSR count). The van der Waals surface area contributed by atoms with Crippen molar-refractivity contribution >= 4 is 10.0 Å². The molecule has 1 aliphatic rings. The Hall–Kier alpha value is -0.130. The van der Waals surface area contributed by atoms with Gasteiger partial charge in [-0.1, -0.05) is 20.3 Å². The summed E-state index contributed by atoms with van der Waals surface area (Å²) < 4.78 is 25.5. The summed E-state index contributed by atoms with van der Waals surface area (Å²) in [6.07, 6.45) is 2.53. The van der Waals surface area contributed by atoms with Gasteiger partial charge in [-0.25, -0.2) is 8.42 Å². The van der Waals surface area contributed by atoms with E-state index in [9.17, 15) is 8.42 Å². The molecule has 0 aliphatic carbocycles. The lowest BCUT2D eigenvalue weighted by atomic mass is 10.2. The van der Waals surface area contributed by atoms with Crippen LogP contribution in [0.5, 0.6) is 0 Å². The smallest absolute Gasteiger partial charge is 0.214 e. The van der Waals surface area contributed by atoms with Gasteiger partial charge in [0.1, 0.15) is 0 Å². The second-order valence-electron chi connectivity index (χ2n) is 4.38. The van der Waals surface area contributed by atoms with E-state index in [-0.39, 0.29) is 24.3 Å². The van der Waals surface area contributed by atoms with Crippen LogP contribution in [0.4, 0.5) is 0 Å². The molecule has 1 heterocycles. The summed E-state index contributed by atoms with van der Waals surface area (Å²) in [6.45, 7) is 4.46. The second-order valence-corrected chi connectivity index (χ2v) is 6.35. The molecular weight excluding hydrogens is 214 g/mol. The molecule has 5 heteroatoms. The lowest BCUT2D eigenvalue weighted by molar-refractivity contribution is 0.213. The molecule has 0 bridgehead atoms. The first kappa shape index (κ1) is 12.9. The minimum atomic E-state index is -3.16. The van der Waals surface area contributed by atoms with E-state index in [0.29, 0.717) is 6.54 Å². The quantitative estimate of drug-likeness (QED) is 0.767. The molecular formula is C10H21NO3S. The number of aliphatic hydroxyl groups excluding tert-OH is 1. The van der Waals surface area contributed by atoms with Crippen molar-refractivity contribution in [1.82, 2.24) is 4.31 Å². The van der Waals surface area contributed by atoms with Gasteiger partial charge >= 0.3 is 0 Å². The van der Waals surface area contributed by atoms with E-state index in [1.54, 1.807) is 0 Å². The van der Waals surface area contributed by atoms with Crippen LogP contribution in [0.1, 0.15) is 33.1 Å². The average Bonchev–Trinajstić information content (AvgIpc) is 2.65. The third kappa shape index (κ3) is 3.16. The van der Waals surface area contributed by atoms with E-state index >= 15 is 0 Å². The fourth-order valence-corrected chi connectivity index (χ4v) is 4.11. The summed E-state index contributed by atoms with van der Waals surface area (Å²) in [6, 6.07) is -0.181. The van der Waals surface area contributed by atoms with Crippen LogP contribution < -0.4 is 0 Å². The van der Waals surface area contributed by atoms with Gasteiger partial charge in [0.05, 0.1) is 12.4 Å². The van der Waals surface area contributed by atoms with Crippen molar-refractivity contribution in [1.29, 1.82) is 0 Å². The number of sulfonamides is 1. The van der Waals surface area contributed by atoms with Crippen molar-refractivity contribution in [3.8, 4) is 0 Å². The van der Waals surface area contributed by atoms with Gasteiger partial charge in [-0.2, -0.15) is 4.31 Å². The summed E-state index contributed by atoms with van der Waals surface area (Å²) in [5, 5.41) is 9.08. The normalized spacial score (nSPS) is 25.7. The number of hydrogen-bond donors (Lipinski definition) is 1. The van der Waals surface area contributed by atoms with E-state index in [2.05, 4.69) is 0 Å². The molecule has 0 radical (unpaired) electrons. The largest absolute Gasteiger partial charge is 0.395 e. The Bertz CT molecular complexity index is 289. The van der Waals surface area contributed by atoms with Gasteiger partial charge in [-0.05, 0) is 18.8 Å². The molecule has 1 aliphatic heterocycles.